The number of carboxylic acids is 1. The number of hydroxylamine groups is 1. The molecule has 0 rings (SSSR count). The highest BCUT2D eigenvalue weighted by atomic mass is 32.2. The first-order valence-corrected chi connectivity index (χ1v) is 9.60. The lowest BCUT2D eigenvalue weighted by Crippen LogP contribution is -2.15. The van der Waals surface area contributed by atoms with Crippen LogP contribution in [0.5, 0.6) is 0 Å². The third-order valence-corrected chi connectivity index (χ3v) is 3.75. The fourth-order valence-electron chi connectivity index (χ4n) is 1.91. The fourth-order valence-corrected chi connectivity index (χ4v) is 2.34. The van der Waals surface area contributed by atoms with E-state index in [9.17, 15) is 4.79 Å². The average Bonchev–Trinajstić information content (AvgIpc) is 2.50. The molecule has 0 aromatic heterocycles. The lowest BCUT2D eigenvalue weighted by atomic mass is 10.1. The summed E-state index contributed by atoms with van der Waals surface area (Å²) in [5.74, 6) is 0.0822. The van der Waals surface area contributed by atoms with Crippen molar-refractivity contribution in [1.29, 1.82) is 0 Å². The molecule has 22 heavy (non-hydrogen) atoms. The van der Waals surface area contributed by atoms with Crippen molar-refractivity contribution in [3.63, 3.8) is 0 Å². The molecule has 134 valence electrons. The molecule has 0 aliphatic heterocycles. The van der Waals surface area contributed by atoms with Gasteiger partial charge in [-0.1, -0.05) is 83.6 Å². The summed E-state index contributed by atoms with van der Waals surface area (Å²) in [5.41, 5.74) is 2.19. The third kappa shape index (κ3) is 27.9. The molecule has 6 heteroatoms. The molecule has 4 N–H and O–H groups in total. The van der Waals surface area contributed by atoms with Crippen LogP contribution < -0.4 is 10.2 Å². The number of hydrogen-bond donors (Lipinski definition) is 4. The van der Waals surface area contributed by atoms with Crippen molar-refractivity contribution >= 4 is 17.9 Å². The van der Waals surface area contributed by atoms with E-state index in [1.54, 1.807) is 0 Å². The standard InChI is InChI=1S/C12H27NO.C4H9NO2S/c1-2-3-4-5-6-7-8-9-10-11-12-13-14;1-2-8-5-3-4(6)7/h13-14H,2-12H2,1H3;5H,2-3H2,1H3,(H,6,7). The number of hydrogen-bond acceptors (Lipinski definition) is 5. The Hall–Kier alpha value is -0.300. The molecular weight excluding hydrogens is 300 g/mol. The van der Waals surface area contributed by atoms with Crippen molar-refractivity contribution in [2.75, 3.05) is 18.8 Å². The molecule has 5 nitrogen and oxygen atoms in total. The Morgan fingerprint density at radius 1 is 0.909 bits per heavy atom. The summed E-state index contributed by atoms with van der Waals surface area (Å²) in [7, 11) is 0. The minimum absolute atomic E-state index is 0.0402. The first-order valence-electron chi connectivity index (χ1n) is 8.62. The van der Waals surface area contributed by atoms with Gasteiger partial charge in [-0.3, -0.25) is 9.52 Å². The van der Waals surface area contributed by atoms with Crippen molar-refractivity contribution in [3.05, 3.63) is 0 Å². The molecule has 0 saturated carbocycles. The van der Waals surface area contributed by atoms with Gasteiger partial charge < -0.3 is 10.3 Å². The van der Waals surface area contributed by atoms with E-state index in [4.69, 9.17) is 10.3 Å². The van der Waals surface area contributed by atoms with Gasteiger partial charge in [0.25, 0.3) is 0 Å². The van der Waals surface area contributed by atoms with E-state index in [1.807, 2.05) is 6.92 Å². The molecule has 0 amide bonds. The van der Waals surface area contributed by atoms with Crippen molar-refractivity contribution in [1.82, 2.24) is 10.2 Å². The second kappa shape index (κ2) is 23.0. The molecular formula is C16H36N2O3S. The lowest BCUT2D eigenvalue weighted by Gasteiger charge is -2.01. The molecule has 0 atom stereocenters. The van der Waals surface area contributed by atoms with Gasteiger partial charge in [0.15, 0.2) is 0 Å². The topological polar surface area (TPSA) is 81.6 Å². The van der Waals surface area contributed by atoms with Crippen molar-refractivity contribution < 1.29 is 15.1 Å². The van der Waals surface area contributed by atoms with Crippen LogP contribution in [0.1, 0.15) is 78.1 Å². The quantitative estimate of drug-likeness (QED) is 0.204. The van der Waals surface area contributed by atoms with Crippen LogP contribution in [-0.4, -0.2) is 35.1 Å². The SMILES string of the molecule is CCCCCCCCCCCCNO.CCSNCC(=O)O. The van der Waals surface area contributed by atoms with Crippen LogP contribution in [0.3, 0.4) is 0 Å². The van der Waals surface area contributed by atoms with E-state index < -0.39 is 5.97 Å². The number of rotatable bonds is 15. The third-order valence-electron chi connectivity index (χ3n) is 3.11. The van der Waals surface area contributed by atoms with Crippen LogP contribution in [0, 0.1) is 0 Å². The smallest absolute Gasteiger partial charge is 0.318 e. The van der Waals surface area contributed by atoms with Crippen molar-refractivity contribution in [3.8, 4) is 0 Å². The largest absolute Gasteiger partial charge is 0.480 e. The zero-order valence-corrected chi connectivity index (χ0v) is 15.2. The Balaban J connectivity index is 0. The highest BCUT2D eigenvalue weighted by Gasteiger charge is 1.92. The maximum atomic E-state index is 9.80. The molecule has 0 aromatic rings. The number of nitrogens with one attached hydrogen (secondary N) is 2. The van der Waals surface area contributed by atoms with Crippen LogP contribution in [0.2, 0.25) is 0 Å². The van der Waals surface area contributed by atoms with Crippen LogP contribution in [-0.2, 0) is 4.79 Å². The summed E-state index contributed by atoms with van der Waals surface area (Å²) in [6.45, 7) is 5.00. The van der Waals surface area contributed by atoms with E-state index in [1.165, 1.54) is 69.7 Å². The molecule has 0 bridgehead atoms. The van der Waals surface area contributed by atoms with E-state index in [-0.39, 0.29) is 6.54 Å². The van der Waals surface area contributed by atoms with Gasteiger partial charge >= 0.3 is 5.97 Å². The maximum absolute atomic E-state index is 9.80. The summed E-state index contributed by atoms with van der Waals surface area (Å²) in [6.07, 6.45) is 13.5. The summed E-state index contributed by atoms with van der Waals surface area (Å²) < 4.78 is 2.65. The summed E-state index contributed by atoms with van der Waals surface area (Å²) in [4.78, 5) is 9.80. The molecule has 0 aliphatic carbocycles. The highest BCUT2D eigenvalue weighted by molar-refractivity contribution is 7.97. The van der Waals surface area contributed by atoms with E-state index in [0.717, 1.165) is 18.7 Å². The van der Waals surface area contributed by atoms with Gasteiger partial charge in [0.1, 0.15) is 6.54 Å². The zero-order chi connectivity index (χ0) is 16.9. The predicted octanol–water partition coefficient (Wildman–Crippen LogP) is 4.21. The summed E-state index contributed by atoms with van der Waals surface area (Å²) in [5, 5.41) is 16.4. The first kappa shape index (κ1) is 24.0. The van der Waals surface area contributed by atoms with E-state index >= 15 is 0 Å². The molecule has 0 radical (unpaired) electrons. The zero-order valence-electron chi connectivity index (χ0n) is 14.4. The maximum Gasteiger partial charge on any atom is 0.318 e. The molecule has 0 aromatic carbocycles. The van der Waals surface area contributed by atoms with Crippen LogP contribution in [0.4, 0.5) is 0 Å². The van der Waals surface area contributed by atoms with E-state index in [0.29, 0.717) is 0 Å². The van der Waals surface area contributed by atoms with Gasteiger partial charge in [0, 0.05) is 12.3 Å². The Morgan fingerprint density at radius 2 is 1.41 bits per heavy atom. The second-order valence-electron chi connectivity index (χ2n) is 5.24. The molecule has 0 unspecified atom stereocenters. The monoisotopic (exact) mass is 336 g/mol. The highest BCUT2D eigenvalue weighted by Crippen LogP contribution is 2.09. The van der Waals surface area contributed by atoms with Crippen LogP contribution >= 0.6 is 11.9 Å². The Bertz CT molecular complexity index is 208. The normalized spacial score (nSPS) is 10.1. The van der Waals surface area contributed by atoms with Gasteiger partial charge in [-0.25, -0.2) is 5.48 Å². The summed E-state index contributed by atoms with van der Waals surface area (Å²) >= 11 is 1.41. The molecule has 0 heterocycles. The molecule has 0 aliphatic rings. The van der Waals surface area contributed by atoms with Crippen LogP contribution in [0.15, 0.2) is 0 Å². The Kier molecular flexibility index (Phi) is 25.0. The predicted molar refractivity (Wildman–Crippen MR) is 95.4 cm³/mol. The minimum Gasteiger partial charge on any atom is -0.480 e. The van der Waals surface area contributed by atoms with Crippen molar-refractivity contribution in [2.45, 2.75) is 78.1 Å². The number of aliphatic carboxylic acids is 1. The van der Waals surface area contributed by atoms with Crippen molar-refractivity contribution in [2.24, 2.45) is 0 Å². The van der Waals surface area contributed by atoms with E-state index in [2.05, 4.69) is 17.1 Å². The number of carbonyl (C=O) groups is 1. The fraction of sp³-hybridized carbons (Fsp3) is 0.938. The minimum atomic E-state index is -0.814. The Morgan fingerprint density at radius 3 is 1.82 bits per heavy atom. The van der Waals surface area contributed by atoms with Gasteiger partial charge in [-0.15, -0.1) is 0 Å². The molecule has 0 saturated heterocycles. The Labute approximate surface area is 140 Å². The average molecular weight is 337 g/mol. The number of carboxylic acid groups (broad SMARTS) is 1. The van der Waals surface area contributed by atoms with Gasteiger partial charge in [0.05, 0.1) is 0 Å². The van der Waals surface area contributed by atoms with Gasteiger partial charge in [-0.05, 0) is 6.42 Å². The van der Waals surface area contributed by atoms with Gasteiger partial charge in [-0.2, -0.15) is 0 Å². The second-order valence-corrected chi connectivity index (χ2v) is 6.39. The molecule has 0 fully saturated rings. The summed E-state index contributed by atoms with van der Waals surface area (Å²) in [6, 6.07) is 0. The first-order chi connectivity index (χ1) is 10.7. The molecule has 0 spiro atoms. The van der Waals surface area contributed by atoms with Crippen LogP contribution in [0.25, 0.3) is 0 Å². The lowest BCUT2D eigenvalue weighted by molar-refractivity contribution is -0.135. The number of unbranched alkanes of at least 4 members (excludes halogenated alkanes) is 9. The van der Waals surface area contributed by atoms with Gasteiger partial charge in [0.2, 0.25) is 0 Å².